The minimum absolute atomic E-state index is 0.0960. The number of benzene rings is 1. The summed E-state index contributed by atoms with van der Waals surface area (Å²) in [5.41, 5.74) is 3.91. The Hall–Kier alpha value is -1.88. The van der Waals surface area contributed by atoms with E-state index in [0.717, 1.165) is 29.9 Å². The molecule has 1 saturated heterocycles. The molecule has 3 rings (SSSR count). The molecule has 2 heterocycles. The molecule has 116 valence electrons. The maximum atomic E-state index is 12.0. The fourth-order valence-corrected chi connectivity index (χ4v) is 3.27. The Labute approximate surface area is 135 Å². The second-order valence-electron chi connectivity index (χ2n) is 5.90. The van der Waals surface area contributed by atoms with Crippen LogP contribution in [0.1, 0.15) is 36.1 Å². The molecule has 1 aliphatic heterocycles. The molecule has 0 aliphatic carbocycles. The van der Waals surface area contributed by atoms with Crippen molar-refractivity contribution in [2.75, 3.05) is 18.0 Å². The van der Waals surface area contributed by atoms with Gasteiger partial charge in [0.15, 0.2) is 4.77 Å². The molecule has 1 aliphatic rings. The van der Waals surface area contributed by atoms with Crippen LogP contribution in [0.4, 0.5) is 5.69 Å². The van der Waals surface area contributed by atoms with Crippen LogP contribution >= 0.6 is 12.2 Å². The smallest absolute Gasteiger partial charge is 0.255 e. The Balaban J connectivity index is 1.79. The van der Waals surface area contributed by atoms with E-state index in [1.54, 1.807) is 0 Å². The number of aryl methyl sites for hydroxylation is 1. The van der Waals surface area contributed by atoms with Gasteiger partial charge in [0, 0.05) is 36.5 Å². The van der Waals surface area contributed by atoms with Crippen LogP contribution in [0.3, 0.4) is 0 Å². The van der Waals surface area contributed by atoms with E-state index in [2.05, 4.69) is 39.1 Å². The lowest BCUT2D eigenvalue weighted by Gasteiger charge is -2.28. The van der Waals surface area contributed by atoms with Crippen LogP contribution in [0.5, 0.6) is 0 Å². The summed E-state index contributed by atoms with van der Waals surface area (Å²) >= 11 is 4.98. The third kappa shape index (κ3) is 3.30. The van der Waals surface area contributed by atoms with E-state index in [1.165, 1.54) is 24.9 Å². The third-order valence-electron chi connectivity index (χ3n) is 4.29. The van der Waals surface area contributed by atoms with Gasteiger partial charge in [-0.2, -0.15) is 0 Å². The monoisotopic (exact) mass is 315 g/mol. The predicted octanol–water partition coefficient (Wildman–Crippen LogP) is 3.32. The summed E-state index contributed by atoms with van der Waals surface area (Å²) in [6.07, 6.45) is 4.51. The van der Waals surface area contributed by atoms with Crippen molar-refractivity contribution in [1.82, 2.24) is 9.97 Å². The number of hydrogen-bond acceptors (Lipinski definition) is 3. The first kappa shape index (κ1) is 15.0. The van der Waals surface area contributed by atoms with Crippen molar-refractivity contribution in [2.24, 2.45) is 0 Å². The first-order valence-corrected chi connectivity index (χ1v) is 8.20. The fraction of sp³-hybridized carbons (Fsp3) is 0.412. The van der Waals surface area contributed by atoms with Gasteiger partial charge in [0.1, 0.15) is 0 Å². The first-order valence-electron chi connectivity index (χ1n) is 7.79. The second-order valence-corrected chi connectivity index (χ2v) is 6.31. The highest BCUT2D eigenvalue weighted by molar-refractivity contribution is 7.71. The summed E-state index contributed by atoms with van der Waals surface area (Å²) in [6, 6.07) is 8.56. The fourth-order valence-electron chi connectivity index (χ4n) is 3.02. The largest absolute Gasteiger partial charge is 0.372 e. The van der Waals surface area contributed by atoms with Gasteiger partial charge < -0.3 is 9.88 Å². The highest BCUT2D eigenvalue weighted by atomic mass is 32.1. The molecule has 0 unspecified atom stereocenters. The number of nitrogens with zero attached hydrogens (tertiary/aromatic N) is 1. The second kappa shape index (κ2) is 6.48. The number of nitrogens with one attached hydrogen (secondary N) is 2. The third-order valence-corrected chi connectivity index (χ3v) is 4.50. The molecule has 0 radical (unpaired) electrons. The Kier molecular flexibility index (Phi) is 4.43. The van der Waals surface area contributed by atoms with Crippen molar-refractivity contribution in [3.05, 3.63) is 56.2 Å². The summed E-state index contributed by atoms with van der Waals surface area (Å²) in [6.45, 7) is 4.18. The topological polar surface area (TPSA) is 51.9 Å². The Morgan fingerprint density at radius 1 is 1.09 bits per heavy atom. The maximum absolute atomic E-state index is 12.0. The maximum Gasteiger partial charge on any atom is 0.255 e. The highest BCUT2D eigenvalue weighted by Gasteiger charge is 2.11. The molecule has 1 aromatic heterocycles. The lowest BCUT2D eigenvalue weighted by Crippen LogP contribution is -2.29. The van der Waals surface area contributed by atoms with Crippen molar-refractivity contribution >= 4 is 17.9 Å². The molecule has 5 heteroatoms. The average Bonchev–Trinajstić information content (AvgIpc) is 2.52. The van der Waals surface area contributed by atoms with Gasteiger partial charge >= 0.3 is 0 Å². The molecule has 0 amide bonds. The number of anilines is 1. The van der Waals surface area contributed by atoms with Gasteiger partial charge in [-0.15, -0.1) is 0 Å². The van der Waals surface area contributed by atoms with Crippen LogP contribution < -0.4 is 10.5 Å². The standard InChI is InChI=1S/C17H21N3OS/c1-12-15(16(21)19-17(22)18-12)11-13-5-7-14(8-6-13)20-9-3-2-4-10-20/h5-8H,2-4,9-11H2,1H3,(H2,18,19,21,22). The van der Waals surface area contributed by atoms with Crippen LogP contribution in [0, 0.1) is 11.7 Å². The van der Waals surface area contributed by atoms with Crippen molar-refractivity contribution in [3.63, 3.8) is 0 Å². The summed E-state index contributed by atoms with van der Waals surface area (Å²) < 4.78 is 0.381. The van der Waals surface area contributed by atoms with Crippen molar-refractivity contribution in [2.45, 2.75) is 32.6 Å². The molecule has 2 N–H and O–H groups in total. The molecule has 0 bridgehead atoms. The Morgan fingerprint density at radius 3 is 2.41 bits per heavy atom. The lowest BCUT2D eigenvalue weighted by molar-refractivity contribution is 0.578. The molecular weight excluding hydrogens is 294 g/mol. The molecule has 4 nitrogen and oxygen atoms in total. The molecule has 1 fully saturated rings. The van der Waals surface area contributed by atoms with E-state index >= 15 is 0 Å². The number of rotatable bonds is 3. The molecule has 1 aromatic carbocycles. The first-order chi connectivity index (χ1) is 10.6. The SMILES string of the molecule is Cc1[nH]c(=S)[nH]c(=O)c1Cc1ccc(N2CCCCC2)cc1. The number of aromatic amines is 2. The van der Waals surface area contributed by atoms with Crippen LogP contribution in [0.15, 0.2) is 29.1 Å². The number of aromatic nitrogens is 2. The van der Waals surface area contributed by atoms with E-state index < -0.39 is 0 Å². The Bertz CT molecular complexity index is 755. The van der Waals surface area contributed by atoms with E-state index in [9.17, 15) is 4.79 Å². The van der Waals surface area contributed by atoms with Crippen molar-refractivity contribution in [3.8, 4) is 0 Å². The molecule has 22 heavy (non-hydrogen) atoms. The van der Waals surface area contributed by atoms with E-state index in [4.69, 9.17) is 12.2 Å². The lowest BCUT2D eigenvalue weighted by atomic mass is 10.0. The van der Waals surface area contributed by atoms with Gasteiger partial charge in [0.25, 0.3) is 5.56 Å². The van der Waals surface area contributed by atoms with Crippen LogP contribution in [0.2, 0.25) is 0 Å². The summed E-state index contributed by atoms with van der Waals surface area (Å²) in [4.78, 5) is 20.1. The Morgan fingerprint density at radius 2 is 1.77 bits per heavy atom. The van der Waals surface area contributed by atoms with Gasteiger partial charge in [-0.1, -0.05) is 12.1 Å². The number of piperidine rings is 1. The molecule has 0 spiro atoms. The van der Waals surface area contributed by atoms with Gasteiger partial charge in [0.2, 0.25) is 0 Å². The zero-order chi connectivity index (χ0) is 15.5. The van der Waals surface area contributed by atoms with E-state index in [-0.39, 0.29) is 5.56 Å². The van der Waals surface area contributed by atoms with Gasteiger partial charge in [-0.25, -0.2) is 0 Å². The number of hydrogen-bond donors (Lipinski definition) is 2. The molecule has 2 aromatic rings. The van der Waals surface area contributed by atoms with Crippen molar-refractivity contribution in [1.29, 1.82) is 0 Å². The minimum Gasteiger partial charge on any atom is -0.372 e. The van der Waals surface area contributed by atoms with Crippen LogP contribution in [-0.2, 0) is 6.42 Å². The van der Waals surface area contributed by atoms with E-state index in [0.29, 0.717) is 11.2 Å². The van der Waals surface area contributed by atoms with Crippen LogP contribution in [0.25, 0.3) is 0 Å². The zero-order valence-electron chi connectivity index (χ0n) is 12.8. The quantitative estimate of drug-likeness (QED) is 0.854. The average molecular weight is 315 g/mol. The summed E-state index contributed by atoms with van der Waals surface area (Å²) in [7, 11) is 0. The molecular formula is C17H21N3OS. The zero-order valence-corrected chi connectivity index (χ0v) is 13.6. The molecule has 0 saturated carbocycles. The highest BCUT2D eigenvalue weighted by Crippen LogP contribution is 2.21. The van der Waals surface area contributed by atoms with Gasteiger partial charge in [-0.05, 0) is 56.1 Å². The van der Waals surface area contributed by atoms with Crippen LogP contribution in [-0.4, -0.2) is 23.1 Å². The number of H-pyrrole nitrogens is 2. The molecule has 0 atom stereocenters. The predicted molar refractivity (Wildman–Crippen MR) is 92.3 cm³/mol. The normalized spacial score (nSPS) is 15.0. The van der Waals surface area contributed by atoms with Gasteiger partial charge in [0.05, 0.1) is 0 Å². The minimum atomic E-state index is -0.0960. The van der Waals surface area contributed by atoms with Gasteiger partial charge in [-0.3, -0.25) is 9.78 Å². The summed E-state index contributed by atoms with van der Waals surface area (Å²) in [5, 5.41) is 0. The van der Waals surface area contributed by atoms with E-state index in [1.807, 2.05) is 6.92 Å². The van der Waals surface area contributed by atoms with Crippen molar-refractivity contribution < 1.29 is 0 Å². The summed E-state index contributed by atoms with van der Waals surface area (Å²) in [5.74, 6) is 0.